The number of aliphatic imine (C=N–C) groups is 1. The SMILES string of the molecule is CN1C=CC(Cc2cccc(Br)c2)=NC1N. The second-order valence-electron chi connectivity index (χ2n) is 3.82. The first-order valence-electron chi connectivity index (χ1n) is 5.12. The van der Waals surface area contributed by atoms with E-state index in [4.69, 9.17) is 5.73 Å². The van der Waals surface area contributed by atoms with Gasteiger partial charge in [-0.1, -0.05) is 28.1 Å². The summed E-state index contributed by atoms with van der Waals surface area (Å²) in [7, 11) is 1.92. The van der Waals surface area contributed by atoms with E-state index in [2.05, 4.69) is 33.1 Å². The lowest BCUT2D eigenvalue weighted by Crippen LogP contribution is -2.37. The summed E-state index contributed by atoms with van der Waals surface area (Å²) in [6, 6.07) is 8.23. The van der Waals surface area contributed by atoms with Gasteiger partial charge >= 0.3 is 0 Å². The van der Waals surface area contributed by atoms with Crippen LogP contribution in [0.25, 0.3) is 0 Å². The van der Waals surface area contributed by atoms with Crippen molar-refractivity contribution in [2.24, 2.45) is 10.7 Å². The molecule has 84 valence electrons. The smallest absolute Gasteiger partial charge is 0.173 e. The lowest BCUT2D eigenvalue weighted by Gasteiger charge is -2.23. The van der Waals surface area contributed by atoms with Crippen LogP contribution >= 0.6 is 15.9 Å². The monoisotopic (exact) mass is 279 g/mol. The highest BCUT2D eigenvalue weighted by atomic mass is 79.9. The molecule has 0 amide bonds. The molecule has 3 nitrogen and oxygen atoms in total. The van der Waals surface area contributed by atoms with Crippen molar-refractivity contribution >= 4 is 21.6 Å². The van der Waals surface area contributed by atoms with Crippen LogP contribution in [0.1, 0.15) is 5.56 Å². The maximum atomic E-state index is 5.83. The van der Waals surface area contributed by atoms with Gasteiger partial charge in [0.15, 0.2) is 6.29 Å². The van der Waals surface area contributed by atoms with Crippen molar-refractivity contribution in [2.45, 2.75) is 12.7 Å². The first-order chi connectivity index (χ1) is 7.65. The van der Waals surface area contributed by atoms with Crippen molar-refractivity contribution in [3.8, 4) is 0 Å². The molecule has 2 N–H and O–H groups in total. The maximum Gasteiger partial charge on any atom is 0.173 e. The van der Waals surface area contributed by atoms with E-state index in [0.29, 0.717) is 0 Å². The highest BCUT2D eigenvalue weighted by Gasteiger charge is 2.10. The Morgan fingerprint density at radius 2 is 2.31 bits per heavy atom. The predicted octanol–water partition coefficient (Wildman–Crippen LogP) is 2.13. The van der Waals surface area contributed by atoms with Gasteiger partial charge in [0, 0.05) is 29.9 Å². The number of hydrogen-bond donors (Lipinski definition) is 1. The number of nitrogens with two attached hydrogens (primary N) is 1. The molecule has 0 saturated carbocycles. The van der Waals surface area contributed by atoms with E-state index in [-0.39, 0.29) is 6.29 Å². The molecular weight excluding hydrogens is 266 g/mol. The minimum Gasteiger partial charge on any atom is -0.347 e. The van der Waals surface area contributed by atoms with E-state index < -0.39 is 0 Å². The molecule has 1 atom stereocenters. The zero-order valence-corrected chi connectivity index (χ0v) is 10.7. The number of benzene rings is 1. The normalized spacial score (nSPS) is 19.8. The van der Waals surface area contributed by atoms with Crippen LogP contribution in [0, 0.1) is 0 Å². The second-order valence-corrected chi connectivity index (χ2v) is 4.74. The number of hydrogen-bond acceptors (Lipinski definition) is 3. The molecule has 0 spiro atoms. The van der Waals surface area contributed by atoms with Gasteiger partial charge < -0.3 is 4.90 Å². The van der Waals surface area contributed by atoms with Crippen molar-refractivity contribution in [1.29, 1.82) is 0 Å². The largest absolute Gasteiger partial charge is 0.347 e. The Hall–Kier alpha value is -1.13. The molecule has 1 aromatic rings. The summed E-state index contributed by atoms with van der Waals surface area (Å²) in [6.45, 7) is 0. The molecule has 0 radical (unpaired) electrons. The number of nitrogens with zero attached hydrogens (tertiary/aromatic N) is 2. The van der Waals surface area contributed by atoms with Gasteiger partial charge in [-0.05, 0) is 23.8 Å². The quantitative estimate of drug-likeness (QED) is 0.901. The molecule has 2 rings (SSSR count). The van der Waals surface area contributed by atoms with E-state index >= 15 is 0 Å². The summed E-state index contributed by atoms with van der Waals surface area (Å²) >= 11 is 3.46. The van der Waals surface area contributed by atoms with Gasteiger partial charge in [0.2, 0.25) is 0 Å². The Kier molecular flexibility index (Phi) is 3.41. The number of rotatable bonds is 2. The molecule has 1 unspecified atom stereocenters. The molecule has 0 aliphatic carbocycles. The molecular formula is C12H14BrN3. The standard InChI is InChI=1S/C12H14BrN3/c1-16-6-5-11(15-12(16)14)8-9-3-2-4-10(13)7-9/h2-7,12H,8,14H2,1H3. The molecule has 1 aromatic carbocycles. The summed E-state index contributed by atoms with van der Waals surface area (Å²) in [5, 5.41) is 0. The van der Waals surface area contributed by atoms with Gasteiger partial charge in [-0.3, -0.25) is 5.73 Å². The van der Waals surface area contributed by atoms with E-state index in [1.807, 2.05) is 36.4 Å². The molecule has 0 fully saturated rings. The fraction of sp³-hybridized carbons (Fsp3) is 0.250. The van der Waals surface area contributed by atoms with Crippen LogP contribution in [-0.2, 0) is 6.42 Å². The molecule has 1 aliphatic rings. The van der Waals surface area contributed by atoms with Gasteiger partial charge in [-0.25, -0.2) is 4.99 Å². The minimum atomic E-state index is -0.257. The third-order valence-electron chi connectivity index (χ3n) is 2.49. The van der Waals surface area contributed by atoms with E-state index in [9.17, 15) is 0 Å². The molecule has 0 bridgehead atoms. The zero-order chi connectivity index (χ0) is 11.5. The summed E-state index contributed by atoms with van der Waals surface area (Å²) in [5.41, 5.74) is 8.08. The molecule has 4 heteroatoms. The maximum absolute atomic E-state index is 5.83. The predicted molar refractivity (Wildman–Crippen MR) is 70.2 cm³/mol. The lowest BCUT2D eigenvalue weighted by atomic mass is 10.1. The van der Waals surface area contributed by atoms with E-state index in [0.717, 1.165) is 16.6 Å². The van der Waals surface area contributed by atoms with Gasteiger partial charge in [-0.15, -0.1) is 0 Å². The van der Waals surface area contributed by atoms with Crippen molar-refractivity contribution in [3.05, 3.63) is 46.6 Å². The third-order valence-corrected chi connectivity index (χ3v) is 2.98. The summed E-state index contributed by atoms with van der Waals surface area (Å²) in [4.78, 5) is 6.29. The lowest BCUT2D eigenvalue weighted by molar-refractivity contribution is 0.343. The molecule has 1 heterocycles. The Bertz CT molecular complexity index is 440. The average molecular weight is 280 g/mol. The topological polar surface area (TPSA) is 41.6 Å². The molecule has 1 aliphatic heterocycles. The minimum absolute atomic E-state index is 0.257. The Labute approximate surface area is 104 Å². The number of halogens is 1. The third kappa shape index (κ3) is 2.71. The summed E-state index contributed by atoms with van der Waals surface area (Å²) in [6.07, 6.45) is 4.53. The molecule has 0 aromatic heterocycles. The summed E-state index contributed by atoms with van der Waals surface area (Å²) in [5.74, 6) is 0. The van der Waals surface area contributed by atoms with Crippen LogP contribution in [0.4, 0.5) is 0 Å². The van der Waals surface area contributed by atoms with Crippen LogP contribution in [0.3, 0.4) is 0 Å². The van der Waals surface area contributed by atoms with E-state index in [1.54, 1.807) is 0 Å². The zero-order valence-electron chi connectivity index (χ0n) is 9.10. The summed E-state index contributed by atoms with van der Waals surface area (Å²) < 4.78 is 1.09. The number of allylic oxidation sites excluding steroid dienone is 1. The molecule has 16 heavy (non-hydrogen) atoms. The van der Waals surface area contributed by atoms with Gasteiger partial charge in [0.25, 0.3) is 0 Å². The van der Waals surface area contributed by atoms with Crippen LogP contribution in [0.5, 0.6) is 0 Å². The Morgan fingerprint density at radius 1 is 1.50 bits per heavy atom. The van der Waals surface area contributed by atoms with Crippen molar-refractivity contribution in [3.63, 3.8) is 0 Å². The van der Waals surface area contributed by atoms with Crippen LogP contribution in [0.15, 0.2) is 46.0 Å². The van der Waals surface area contributed by atoms with Gasteiger partial charge in [0.1, 0.15) is 0 Å². The Morgan fingerprint density at radius 3 is 3.00 bits per heavy atom. The highest BCUT2D eigenvalue weighted by Crippen LogP contribution is 2.14. The van der Waals surface area contributed by atoms with Crippen molar-refractivity contribution < 1.29 is 0 Å². The Balaban J connectivity index is 2.11. The molecule has 0 saturated heterocycles. The first kappa shape index (κ1) is 11.4. The average Bonchev–Trinajstić information content (AvgIpc) is 2.24. The van der Waals surface area contributed by atoms with Crippen LogP contribution in [-0.4, -0.2) is 23.9 Å². The van der Waals surface area contributed by atoms with Crippen LogP contribution < -0.4 is 5.73 Å². The highest BCUT2D eigenvalue weighted by molar-refractivity contribution is 9.10. The van der Waals surface area contributed by atoms with Crippen molar-refractivity contribution in [1.82, 2.24) is 4.90 Å². The van der Waals surface area contributed by atoms with Crippen LogP contribution in [0.2, 0.25) is 0 Å². The second kappa shape index (κ2) is 4.80. The van der Waals surface area contributed by atoms with E-state index in [1.165, 1.54) is 5.56 Å². The van der Waals surface area contributed by atoms with Crippen molar-refractivity contribution in [2.75, 3.05) is 7.05 Å². The van der Waals surface area contributed by atoms with Gasteiger partial charge in [0.05, 0.1) is 0 Å². The first-order valence-corrected chi connectivity index (χ1v) is 5.91. The van der Waals surface area contributed by atoms with Gasteiger partial charge in [-0.2, -0.15) is 0 Å². The fourth-order valence-electron chi connectivity index (χ4n) is 1.56. The fourth-order valence-corrected chi connectivity index (χ4v) is 2.00.